The van der Waals surface area contributed by atoms with E-state index in [2.05, 4.69) is 20.4 Å². The molecule has 0 radical (unpaired) electrons. The maximum atomic E-state index is 12.9. The molecule has 1 N–H and O–H groups in total. The molecule has 0 aliphatic rings. The topological polar surface area (TPSA) is 55.6 Å². The van der Waals surface area contributed by atoms with Gasteiger partial charge in [0.25, 0.3) is 0 Å². The molecule has 5 nitrogen and oxygen atoms in total. The summed E-state index contributed by atoms with van der Waals surface area (Å²) in [6, 6.07) is 1.05. The Morgan fingerprint density at radius 2 is 2.04 bits per heavy atom. The summed E-state index contributed by atoms with van der Waals surface area (Å²) >= 11 is 5.97. The molecule has 0 fully saturated rings. The highest BCUT2D eigenvalue weighted by molar-refractivity contribution is 6.32. The third-order valence-electron chi connectivity index (χ3n) is 3.16. The average molecular weight is 348 g/mol. The zero-order valence-electron chi connectivity index (χ0n) is 12.9. The van der Waals surface area contributed by atoms with E-state index in [1.807, 2.05) is 6.92 Å². The smallest absolute Gasteiger partial charge is 0.368 e. The highest BCUT2D eigenvalue weighted by atomic mass is 35.5. The molecule has 0 aromatic carbocycles. The molecule has 1 atom stereocenters. The Morgan fingerprint density at radius 3 is 2.70 bits per heavy atom. The summed E-state index contributed by atoms with van der Waals surface area (Å²) < 4.78 is 39.8. The van der Waals surface area contributed by atoms with Gasteiger partial charge in [-0.1, -0.05) is 18.5 Å². The number of aromatic nitrogens is 4. The van der Waals surface area contributed by atoms with Gasteiger partial charge in [0, 0.05) is 13.1 Å². The van der Waals surface area contributed by atoms with Crippen molar-refractivity contribution in [2.45, 2.75) is 33.5 Å². The van der Waals surface area contributed by atoms with Crippen LogP contribution in [0.15, 0.2) is 12.3 Å². The number of anilines is 1. The lowest BCUT2D eigenvalue weighted by Crippen LogP contribution is -2.22. The van der Waals surface area contributed by atoms with Gasteiger partial charge in [-0.25, -0.2) is 9.97 Å². The van der Waals surface area contributed by atoms with E-state index in [0.717, 1.165) is 10.7 Å². The fourth-order valence-corrected chi connectivity index (χ4v) is 2.28. The van der Waals surface area contributed by atoms with Crippen molar-refractivity contribution < 1.29 is 13.2 Å². The third-order valence-corrected chi connectivity index (χ3v) is 3.44. The molecule has 23 heavy (non-hydrogen) atoms. The minimum atomic E-state index is -4.42. The highest BCUT2D eigenvalue weighted by Gasteiger charge is 2.35. The molecule has 2 aromatic heterocycles. The van der Waals surface area contributed by atoms with Gasteiger partial charge >= 0.3 is 6.18 Å². The van der Waals surface area contributed by atoms with Crippen LogP contribution in [0.1, 0.15) is 24.1 Å². The summed E-state index contributed by atoms with van der Waals surface area (Å²) in [7, 11) is 0. The van der Waals surface area contributed by atoms with Crippen molar-refractivity contribution in [2.75, 3.05) is 11.9 Å². The summed E-state index contributed by atoms with van der Waals surface area (Å²) in [4.78, 5) is 8.11. The van der Waals surface area contributed by atoms with E-state index in [4.69, 9.17) is 11.6 Å². The van der Waals surface area contributed by atoms with E-state index in [-0.39, 0.29) is 12.5 Å². The van der Waals surface area contributed by atoms with Gasteiger partial charge in [-0.05, 0) is 25.8 Å². The molecule has 2 heterocycles. The van der Waals surface area contributed by atoms with Crippen molar-refractivity contribution >= 4 is 17.4 Å². The second-order valence-corrected chi connectivity index (χ2v) is 5.86. The summed E-state index contributed by atoms with van der Waals surface area (Å²) in [6.45, 7) is 5.64. The number of hydrogen-bond donors (Lipinski definition) is 1. The minimum absolute atomic E-state index is 0.110. The Hall–Kier alpha value is -1.83. The van der Waals surface area contributed by atoms with Gasteiger partial charge < -0.3 is 5.32 Å². The van der Waals surface area contributed by atoms with E-state index in [0.29, 0.717) is 28.9 Å². The van der Waals surface area contributed by atoms with Gasteiger partial charge in [-0.15, -0.1) is 0 Å². The minimum Gasteiger partial charge on any atom is -0.368 e. The van der Waals surface area contributed by atoms with Crippen molar-refractivity contribution in [1.29, 1.82) is 0 Å². The summed E-state index contributed by atoms with van der Waals surface area (Å²) in [5.41, 5.74) is -0.398. The Kier molecular flexibility index (Phi) is 5.13. The number of nitrogens with zero attached hydrogens (tertiary/aromatic N) is 4. The lowest BCUT2D eigenvalue weighted by Gasteiger charge is -2.16. The van der Waals surface area contributed by atoms with E-state index in [9.17, 15) is 13.2 Å². The maximum Gasteiger partial charge on any atom is 0.433 e. The first-order valence-corrected chi connectivity index (χ1v) is 7.39. The van der Waals surface area contributed by atoms with Crippen LogP contribution in [0.3, 0.4) is 0 Å². The maximum absolute atomic E-state index is 12.9. The van der Waals surface area contributed by atoms with Gasteiger partial charge in [0.2, 0.25) is 0 Å². The second kappa shape index (κ2) is 6.74. The molecular formula is C14H17ClF3N5. The summed E-state index contributed by atoms with van der Waals surface area (Å²) in [6.07, 6.45) is -2.93. The van der Waals surface area contributed by atoms with Gasteiger partial charge in [-0.3, -0.25) is 4.68 Å². The third kappa shape index (κ3) is 4.57. The SMILES string of the molecule is Cc1cc(C(F)(F)F)n(CC(C)CNc2nc(C)ncc2Cl)n1. The van der Waals surface area contributed by atoms with Crippen LogP contribution in [-0.4, -0.2) is 26.3 Å². The van der Waals surface area contributed by atoms with Crippen LogP contribution in [0, 0.1) is 19.8 Å². The second-order valence-electron chi connectivity index (χ2n) is 5.45. The van der Waals surface area contributed by atoms with Gasteiger partial charge in [0.15, 0.2) is 0 Å². The zero-order valence-corrected chi connectivity index (χ0v) is 13.7. The van der Waals surface area contributed by atoms with Crippen LogP contribution in [-0.2, 0) is 12.7 Å². The number of rotatable bonds is 5. The first-order valence-electron chi connectivity index (χ1n) is 7.01. The standard InChI is InChI=1S/C14H17ClF3N5/c1-8(5-20-13-11(15)6-19-10(3)21-13)7-23-12(14(16,17)18)4-9(2)22-23/h4,6,8H,5,7H2,1-3H3,(H,19,20,21). The molecule has 0 bridgehead atoms. The van der Waals surface area contributed by atoms with Gasteiger partial charge in [0.05, 0.1) is 11.9 Å². The monoisotopic (exact) mass is 347 g/mol. The first-order chi connectivity index (χ1) is 10.7. The molecule has 0 saturated heterocycles. The number of hydrogen-bond acceptors (Lipinski definition) is 4. The van der Waals surface area contributed by atoms with Gasteiger partial charge in [0.1, 0.15) is 22.4 Å². The van der Waals surface area contributed by atoms with Crippen LogP contribution in [0.25, 0.3) is 0 Å². The Morgan fingerprint density at radius 1 is 1.35 bits per heavy atom. The Bertz CT molecular complexity index is 684. The largest absolute Gasteiger partial charge is 0.433 e. The summed E-state index contributed by atoms with van der Waals surface area (Å²) in [5.74, 6) is 0.923. The van der Waals surface area contributed by atoms with Gasteiger partial charge in [-0.2, -0.15) is 18.3 Å². The predicted molar refractivity (Wildman–Crippen MR) is 81.4 cm³/mol. The van der Waals surface area contributed by atoms with E-state index < -0.39 is 11.9 Å². The van der Waals surface area contributed by atoms with E-state index in [1.54, 1.807) is 6.92 Å². The van der Waals surface area contributed by atoms with Crippen LogP contribution >= 0.6 is 11.6 Å². The number of nitrogens with one attached hydrogen (secondary N) is 1. The predicted octanol–water partition coefficient (Wildman–Crippen LogP) is 3.71. The molecule has 0 spiro atoms. The van der Waals surface area contributed by atoms with Crippen molar-refractivity contribution in [3.05, 3.63) is 34.5 Å². The molecule has 0 saturated carbocycles. The van der Waals surface area contributed by atoms with Crippen molar-refractivity contribution in [2.24, 2.45) is 5.92 Å². The fraction of sp³-hybridized carbons (Fsp3) is 0.500. The first kappa shape index (κ1) is 17.5. The average Bonchev–Trinajstić information content (AvgIpc) is 2.80. The van der Waals surface area contributed by atoms with E-state index >= 15 is 0 Å². The number of alkyl halides is 3. The molecule has 0 amide bonds. The molecule has 0 aliphatic heterocycles. The molecule has 2 rings (SSSR count). The van der Waals surface area contributed by atoms with Crippen LogP contribution in [0.2, 0.25) is 5.02 Å². The van der Waals surface area contributed by atoms with E-state index in [1.165, 1.54) is 13.1 Å². The van der Waals surface area contributed by atoms with Crippen LogP contribution in [0.4, 0.5) is 19.0 Å². The molecule has 0 aliphatic carbocycles. The summed E-state index contributed by atoms with van der Waals surface area (Å²) in [5, 5.41) is 7.32. The Balaban J connectivity index is 2.03. The van der Waals surface area contributed by atoms with Crippen molar-refractivity contribution in [3.63, 3.8) is 0 Å². The highest BCUT2D eigenvalue weighted by Crippen LogP contribution is 2.30. The molecular weight excluding hydrogens is 331 g/mol. The molecule has 1 unspecified atom stereocenters. The van der Waals surface area contributed by atoms with Crippen molar-refractivity contribution in [1.82, 2.24) is 19.7 Å². The normalized spacial score (nSPS) is 13.2. The number of aryl methyl sites for hydroxylation is 2. The molecule has 9 heteroatoms. The molecule has 2 aromatic rings. The number of halogens is 4. The van der Waals surface area contributed by atoms with Crippen molar-refractivity contribution in [3.8, 4) is 0 Å². The lowest BCUT2D eigenvalue weighted by molar-refractivity contribution is -0.144. The Labute approximate surface area is 136 Å². The zero-order chi connectivity index (χ0) is 17.2. The van der Waals surface area contributed by atoms with Crippen LogP contribution < -0.4 is 5.32 Å². The quantitative estimate of drug-likeness (QED) is 0.895. The molecule has 126 valence electrons. The van der Waals surface area contributed by atoms with Crippen LogP contribution in [0.5, 0.6) is 0 Å². The fourth-order valence-electron chi connectivity index (χ4n) is 2.12. The lowest BCUT2D eigenvalue weighted by atomic mass is 10.2.